The molecular formula is C22H30N2O7S. The Morgan fingerprint density at radius 2 is 1.94 bits per heavy atom. The number of aliphatic hydroxyl groups is 1. The molecule has 2 atom stereocenters. The van der Waals surface area contributed by atoms with E-state index in [1.807, 2.05) is 6.08 Å². The maximum Gasteiger partial charge on any atom is 0.288 e. The van der Waals surface area contributed by atoms with Crippen LogP contribution in [-0.2, 0) is 24.3 Å². The second kappa shape index (κ2) is 9.78. The maximum absolute atomic E-state index is 13.0. The monoisotopic (exact) mass is 466 g/mol. The fourth-order valence-corrected chi connectivity index (χ4v) is 5.26. The third kappa shape index (κ3) is 5.43. The van der Waals surface area contributed by atoms with Gasteiger partial charge in [0.2, 0.25) is 16.3 Å². The van der Waals surface area contributed by atoms with Gasteiger partial charge in [-0.25, -0.2) is 8.42 Å². The Hall–Kier alpha value is -2.14. The van der Waals surface area contributed by atoms with E-state index >= 15 is 0 Å². The molecule has 1 aromatic carbocycles. The molecule has 9 nitrogen and oxygen atoms in total. The lowest BCUT2D eigenvalue weighted by molar-refractivity contribution is -0.152. The first kappa shape index (κ1) is 23.0. The Kier molecular flexibility index (Phi) is 7.04. The first-order chi connectivity index (χ1) is 15.4. The minimum atomic E-state index is -3.81. The highest BCUT2D eigenvalue weighted by molar-refractivity contribution is 7.89. The van der Waals surface area contributed by atoms with Gasteiger partial charge in [-0.05, 0) is 55.0 Å². The molecule has 0 spiro atoms. The predicted molar refractivity (Wildman–Crippen MR) is 115 cm³/mol. The van der Waals surface area contributed by atoms with Crippen molar-refractivity contribution in [2.24, 2.45) is 11.8 Å². The van der Waals surface area contributed by atoms with Gasteiger partial charge in [0.25, 0.3) is 5.91 Å². The fraction of sp³-hybridized carbons (Fsp3) is 0.591. The zero-order valence-electron chi connectivity index (χ0n) is 18.2. The van der Waals surface area contributed by atoms with Crippen LogP contribution in [-0.4, -0.2) is 81.4 Å². The lowest BCUT2D eigenvalue weighted by atomic mass is 9.96. The fourth-order valence-electron chi connectivity index (χ4n) is 3.85. The number of amides is 1. The number of hydrogen-bond acceptors (Lipinski definition) is 7. The van der Waals surface area contributed by atoms with Gasteiger partial charge in [-0.2, -0.15) is 4.31 Å². The third-order valence-corrected chi connectivity index (χ3v) is 7.87. The van der Waals surface area contributed by atoms with Crippen LogP contribution in [0.2, 0.25) is 0 Å². The van der Waals surface area contributed by atoms with Crippen molar-refractivity contribution in [2.45, 2.75) is 30.4 Å². The minimum Gasteiger partial charge on any atom is -0.497 e. The minimum absolute atomic E-state index is 0.0491. The van der Waals surface area contributed by atoms with E-state index in [9.17, 15) is 18.3 Å². The lowest BCUT2D eigenvalue weighted by Crippen LogP contribution is -2.38. The molecule has 2 aliphatic heterocycles. The van der Waals surface area contributed by atoms with Crippen LogP contribution in [0.25, 0.3) is 0 Å². The van der Waals surface area contributed by atoms with E-state index in [0.717, 1.165) is 25.9 Å². The van der Waals surface area contributed by atoms with Crippen LogP contribution in [0.3, 0.4) is 0 Å². The number of sulfonamides is 1. The number of methoxy groups -OCH3 is 1. The molecule has 1 N–H and O–H groups in total. The molecule has 1 aromatic rings. The number of hydrogen-bond donors (Lipinski definition) is 1. The highest BCUT2D eigenvalue weighted by atomic mass is 32.2. The van der Waals surface area contributed by atoms with Crippen molar-refractivity contribution in [3.8, 4) is 5.75 Å². The Balaban J connectivity index is 1.37. The summed E-state index contributed by atoms with van der Waals surface area (Å²) in [4.78, 5) is 14.3. The summed E-state index contributed by atoms with van der Waals surface area (Å²) in [5.74, 6) is 1.59. The van der Waals surface area contributed by atoms with Gasteiger partial charge in [-0.15, -0.1) is 0 Å². The smallest absolute Gasteiger partial charge is 0.288 e. The summed E-state index contributed by atoms with van der Waals surface area (Å²) in [6.45, 7) is 1.28. The third-order valence-electron chi connectivity index (χ3n) is 5.95. The van der Waals surface area contributed by atoms with Gasteiger partial charge in [-0.3, -0.25) is 4.79 Å². The normalized spacial score (nSPS) is 23.0. The lowest BCUT2D eigenvalue weighted by Gasteiger charge is -2.30. The SMILES string of the molecule is COc1ccc(S(=O)(=O)N(CCO)CCO[C@H]2C[C@@H](C3CC3)C=C(C(=O)N3CC3)O2)cc1. The standard InChI is InChI=1S/C22H30N2O7S/c1-29-18-4-6-19(7-5-18)32(27,28)24(10-12-25)11-13-30-21-15-17(16-2-3-16)14-20(31-21)22(26)23-8-9-23/h4-7,14,16-17,21,25H,2-3,8-13,15H2,1H3/t17-,21+/m0/s1. The number of nitrogens with zero attached hydrogens (tertiary/aromatic N) is 2. The van der Waals surface area contributed by atoms with Crippen molar-refractivity contribution in [3.05, 3.63) is 36.1 Å². The van der Waals surface area contributed by atoms with Crippen LogP contribution in [0, 0.1) is 11.8 Å². The number of carbonyl (C=O) groups excluding carboxylic acids is 1. The van der Waals surface area contributed by atoms with Gasteiger partial charge in [-0.1, -0.05) is 0 Å². The first-order valence-corrected chi connectivity index (χ1v) is 12.4. The van der Waals surface area contributed by atoms with Crippen molar-refractivity contribution in [3.63, 3.8) is 0 Å². The summed E-state index contributed by atoms with van der Waals surface area (Å²) in [6, 6.07) is 6.10. The molecule has 1 saturated heterocycles. The Morgan fingerprint density at radius 1 is 1.22 bits per heavy atom. The highest BCUT2D eigenvalue weighted by Gasteiger charge is 2.39. The van der Waals surface area contributed by atoms with E-state index in [1.54, 1.807) is 17.0 Å². The van der Waals surface area contributed by atoms with E-state index in [1.165, 1.54) is 23.5 Å². The number of benzene rings is 1. The van der Waals surface area contributed by atoms with Gasteiger partial charge in [0.15, 0.2) is 5.76 Å². The van der Waals surface area contributed by atoms with Crippen LogP contribution < -0.4 is 4.74 Å². The topological polar surface area (TPSA) is 105 Å². The summed E-state index contributed by atoms with van der Waals surface area (Å²) in [5.41, 5.74) is 0. The van der Waals surface area contributed by atoms with Crippen LogP contribution >= 0.6 is 0 Å². The first-order valence-electron chi connectivity index (χ1n) is 11.0. The zero-order valence-corrected chi connectivity index (χ0v) is 19.0. The number of ether oxygens (including phenoxy) is 3. The molecule has 0 bridgehead atoms. The molecule has 1 amide bonds. The molecule has 1 saturated carbocycles. The summed E-state index contributed by atoms with van der Waals surface area (Å²) >= 11 is 0. The molecule has 176 valence electrons. The zero-order chi connectivity index (χ0) is 22.7. The van der Waals surface area contributed by atoms with Gasteiger partial charge in [0, 0.05) is 32.6 Å². The second-order valence-electron chi connectivity index (χ2n) is 8.28. The van der Waals surface area contributed by atoms with Crippen molar-refractivity contribution in [1.82, 2.24) is 9.21 Å². The Labute approximate surface area is 188 Å². The van der Waals surface area contributed by atoms with E-state index < -0.39 is 16.3 Å². The van der Waals surface area contributed by atoms with Gasteiger partial charge in [0.1, 0.15) is 5.75 Å². The quantitative estimate of drug-likeness (QED) is 0.489. The predicted octanol–water partition coefficient (Wildman–Crippen LogP) is 1.19. The molecule has 0 aromatic heterocycles. The van der Waals surface area contributed by atoms with Gasteiger partial charge < -0.3 is 24.2 Å². The largest absolute Gasteiger partial charge is 0.497 e. The van der Waals surface area contributed by atoms with E-state index in [4.69, 9.17) is 14.2 Å². The molecule has 32 heavy (non-hydrogen) atoms. The molecule has 10 heteroatoms. The maximum atomic E-state index is 13.0. The number of allylic oxidation sites excluding steroid dienone is 1. The molecule has 2 heterocycles. The summed E-state index contributed by atoms with van der Waals surface area (Å²) in [7, 11) is -2.30. The number of aliphatic hydroxyl groups excluding tert-OH is 1. The summed E-state index contributed by atoms with van der Waals surface area (Å²) in [5, 5.41) is 9.39. The van der Waals surface area contributed by atoms with Crippen LogP contribution in [0.15, 0.2) is 41.0 Å². The van der Waals surface area contributed by atoms with Crippen molar-refractivity contribution in [2.75, 3.05) is 46.5 Å². The van der Waals surface area contributed by atoms with Crippen LogP contribution in [0.1, 0.15) is 19.3 Å². The Bertz CT molecular complexity index is 940. The highest BCUT2D eigenvalue weighted by Crippen LogP contribution is 2.43. The molecule has 0 radical (unpaired) electrons. The molecule has 0 unspecified atom stereocenters. The van der Waals surface area contributed by atoms with Crippen molar-refractivity contribution >= 4 is 15.9 Å². The van der Waals surface area contributed by atoms with Gasteiger partial charge in [0.05, 0.1) is 25.2 Å². The van der Waals surface area contributed by atoms with E-state index in [-0.39, 0.29) is 43.0 Å². The second-order valence-corrected chi connectivity index (χ2v) is 10.2. The van der Waals surface area contributed by atoms with Crippen LogP contribution in [0.5, 0.6) is 5.75 Å². The summed E-state index contributed by atoms with van der Waals surface area (Å²) < 4.78 is 44.0. The number of carbonyl (C=O) groups is 1. The average Bonchev–Trinajstić information content (AvgIpc) is 3.71. The van der Waals surface area contributed by atoms with Crippen molar-refractivity contribution < 1.29 is 32.5 Å². The Morgan fingerprint density at radius 3 is 2.53 bits per heavy atom. The molecule has 2 fully saturated rings. The average molecular weight is 467 g/mol. The van der Waals surface area contributed by atoms with E-state index in [0.29, 0.717) is 23.8 Å². The van der Waals surface area contributed by atoms with Crippen molar-refractivity contribution in [1.29, 1.82) is 0 Å². The molecule has 1 aliphatic carbocycles. The molecular weight excluding hydrogens is 436 g/mol. The summed E-state index contributed by atoms with van der Waals surface area (Å²) in [6.07, 6.45) is 4.27. The van der Waals surface area contributed by atoms with Gasteiger partial charge >= 0.3 is 0 Å². The van der Waals surface area contributed by atoms with E-state index in [2.05, 4.69) is 0 Å². The molecule has 3 aliphatic rings. The number of rotatable bonds is 11. The van der Waals surface area contributed by atoms with Crippen LogP contribution in [0.4, 0.5) is 0 Å². The molecule has 4 rings (SSSR count).